The Kier molecular flexibility index (Phi) is 10.6. The molecule has 2 amide bonds. The zero-order chi connectivity index (χ0) is 29.2. The van der Waals surface area contributed by atoms with Crippen LogP contribution in [-0.4, -0.2) is 47.4 Å². The number of amides is 2. The van der Waals surface area contributed by atoms with Crippen LogP contribution in [0.3, 0.4) is 0 Å². The maximum atomic E-state index is 13.8. The van der Waals surface area contributed by atoms with Gasteiger partial charge < -0.3 is 19.7 Å². The highest BCUT2D eigenvalue weighted by Gasteiger charge is 2.32. The number of hydrogen-bond donors (Lipinski definition) is 1. The van der Waals surface area contributed by atoms with E-state index in [0.717, 1.165) is 43.2 Å². The topological polar surface area (TPSA) is 111 Å². The van der Waals surface area contributed by atoms with Crippen LogP contribution in [0.15, 0.2) is 72.8 Å². The maximum absolute atomic E-state index is 13.8. The molecule has 0 aromatic heterocycles. The number of nitrogens with one attached hydrogen (secondary N) is 1. The van der Waals surface area contributed by atoms with Crippen LogP contribution in [0.5, 0.6) is 11.5 Å². The van der Waals surface area contributed by atoms with Gasteiger partial charge >= 0.3 is 5.69 Å². The van der Waals surface area contributed by atoms with Crippen LogP contribution in [0.4, 0.5) is 5.69 Å². The van der Waals surface area contributed by atoms with E-state index in [-0.39, 0.29) is 42.3 Å². The Morgan fingerprint density at radius 1 is 1.02 bits per heavy atom. The van der Waals surface area contributed by atoms with Gasteiger partial charge in [0.15, 0.2) is 6.61 Å². The first-order valence-electron chi connectivity index (χ1n) is 13.7. The summed E-state index contributed by atoms with van der Waals surface area (Å²) >= 11 is 6.25. The number of hydrogen-bond acceptors (Lipinski definition) is 6. The van der Waals surface area contributed by atoms with Crippen molar-refractivity contribution in [1.29, 1.82) is 0 Å². The van der Waals surface area contributed by atoms with E-state index in [4.69, 9.17) is 21.1 Å². The lowest BCUT2D eigenvalue weighted by Crippen LogP contribution is -2.53. The Morgan fingerprint density at radius 3 is 2.44 bits per heavy atom. The summed E-state index contributed by atoms with van der Waals surface area (Å²) in [5, 5.41) is 15.0. The van der Waals surface area contributed by atoms with E-state index in [2.05, 4.69) is 5.32 Å². The molecule has 3 aromatic carbocycles. The summed E-state index contributed by atoms with van der Waals surface area (Å²) in [6, 6.07) is 20.0. The maximum Gasteiger partial charge on any atom is 0.311 e. The molecule has 4 rings (SSSR count). The van der Waals surface area contributed by atoms with Crippen molar-refractivity contribution < 1.29 is 24.0 Å². The molecule has 3 aromatic rings. The van der Waals surface area contributed by atoms with Crippen LogP contribution >= 0.6 is 11.6 Å². The first kappa shape index (κ1) is 29.9. The molecule has 216 valence electrons. The highest BCUT2D eigenvalue weighted by molar-refractivity contribution is 6.30. The van der Waals surface area contributed by atoms with Crippen molar-refractivity contribution in [2.75, 3.05) is 13.7 Å². The Bertz CT molecular complexity index is 1350. The van der Waals surface area contributed by atoms with Gasteiger partial charge in [-0.05, 0) is 42.2 Å². The molecular weight excluding hydrogens is 546 g/mol. The third-order valence-corrected chi connectivity index (χ3v) is 7.41. The van der Waals surface area contributed by atoms with Gasteiger partial charge in [-0.2, -0.15) is 0 Å². The van der Waals surface area contributed by atoms with E-state index in [1.807, 2.05) is 36.4 Å². The Labute approximate surface area is 244 Å². The first-order chi connectivity index (χ1) is 19.8. The predicted octanol–water partition coefficient (Wildman–Crippen LogP) is 5.72. The van der Waals surface area contributed by atoms with E-state index in [0.29, 0.717) is 11.4 Å². The van der Waals surface area contributed by atoms with Crippen molar-refractivity contribution in [2.24, 2.45) is 0 Å². The average molecular weight is 580 g/mol. The number of ether oxygens (including phenoxy) is 2. The van der Waals surface area contributed by atoms with Crippen molar-refractivity contribution >= 4 is 29.1 Å². The Morgan fingerprint density at radius 2 is 1.76 bits per heavy atom. The molecule has 41 heavy (non-hydrogen) atoms. The van der Waals surface area contributed by atoms with Gasteiger partial charge in [-0.25, -0.2) is 0 Å². The molecule has 1 aliphatic carbocycles. The number of nitrogens with zero attached hydrogens (tertiary/aromatic N) is 2. The van der Waals surface area contributed by atoms with Gasteiger partial charge in [-0.1, -0.05) is 73.3 Å². The standard InChI is InChI=1S/C31H34ClN3O6/c1-40-29-19-26(15-16-27(29)35(38)39)41-21-30(36)34(20-23-11-8-12-24(32)17-23)28(18-22-9-4-2-5-10-22)31(37)33-25-13-6-3-7-14-25/h2,4-5,8-12,15-17,19,25,28H,3,6-7,13-14,18,20-21H2,1H3,(H,33,37)/t28-/m0/s1. The molecule has 0 saturated heterocycles. The van der Waals surface area contributed by atoms with E-state index < -0.39 is 16.9 Å². The fourth-order valence-corrected chi connectivity index (χ4v) is 5.27. The molecule has 0 heterocycles. The van der Waals surface area contributed by atoms with E-state index in [1.165, 1.54) is 30.2 Å². The monoisotopic (exact) mass is 579 g/mol. The van der Waals surface area contributed by atoms with E-state index >= 15 is 0 Å². The second kappa shape index (κ2) is 14.5. The van der Waals surface area contributed by atoms with Gasteiger partial charge in [-0.15, -0.1) is 0 Å². The minimum atomic E-state index is -0.805. The van der Waals surface area contributed by atoms with Gasteiger partial charge in [0.2, 0.25) is 11.7 Å². The first-order valence-corrected chi connectivity index (χ1v) is 14.0. The number of carbonyl (C=O) groups is 2. The number of nitro groups is 1. The van der Waals surface area contributed by atoms with Gasteiger partial charge in [0.05, 0.1) is 12.0 Å². The minimum Gasteiger partial charge on any atom is -0.490 e. The number of benzene rings is 3. The highest BCUT2D eigenvalue weighted by Crippen LogP contribution is 2.31. The third kappa shape index (κ3) is 8.44. The molecule has 1 N–H and O–H groups in total. The summed E-state index contributed by atoms with van der Waals surface area (Å²) < 4.78 is 10.9. The smallest absolute Gasteiger partial charge is 0.311 e. The molecule has 10 heteroatoms. The zero-order valence-electron chi connectivity index (χ0n) is 23.0. The summed E-state index contributed by atoms with van der Waals surface area (Å²) in [5.74, 6) is -0.380. The minimum absolute atomic E-state index is 0.0181. The van der Waals surface area contributed by atoms with Crippen molar-refractivity contribution in [3.05, 3.63) is 99.1 Å². The fourth-order valence-electron chi connectivity index (χ4n) is 5.06. The molecule has 0 spiro atoms. The molecule has 0 bridgehead atoms. The summed E-state index contributed by atoms with van der Waals surface area (Å²) in [7, 11) is 1.32. The number of halogens is 1. The van der Waals surface area contributed by atoms with Crippen molar-refractivity contribution in [2.45, 2.75) is 57.2 Å². The average Bonchev–Trinajstić information content (AvgIpc) is 2.98. The molecule has 1 atom stereocenters. The number of methoxy groups -OCH3 is 1. The van der Waals surface area contributed by atoms with Crippen LogP contribution in [0, 0.1) is 10.1 Å². The lowest BCUT2D eigenvalue weighted by Gasteiger charge is -2.33. The molecule has 0 aliphatic heterocycles. The third-order valence-electron chi connectivity index (χ3n) is 7.17. The van der Waals surface area contributed by atoms with Crippen molar-refractivity contribution in [3.63, 3.8) is 0 Å². The van der Waals surface area contributed by atoms with Gasteiger partial charge in [0, 0.05) is 36.2 Å². The summed E-state index contributed by atoms with van der Waals surface area (Å²) in [4.78, 5) is 39.9. The van der Waals surface area contributed by atoms with Crippen molar-refractivity contribution in [1.82, 2.24) is 10.2 Å². The van der Waals surface area contributed by atoms with Gasteiger partial charge in [0.1, 0.15) is 11.8 Å². The predicted molar refractivity (Wildman–Crippen MR) is 156 cm³/mol. The Hall–Kier alpha value is -4.11. The van der Waals surface area contributed by atoms with Crippen molar-refractivity contribution in [3.8, 4) is 11.5 Å². The molecule has 1 fully saturated rings. The molecule has 1 saturated carbocycles. The molecular formula is C31H34ClN3O6. The van der Waals surface area contributed by atoms with Crippen LogP contribution in [-0.2, 0) is 22.6 Å². The molecule has 0 unspecified atom stereocenters. The lowest BCUT2D eigenvalue weighted by atomic mass is 9.94. The van der Waals surface area contributed by atoms with Crippen LogP contribution < -0.4 is 14.8 Å². The number of carbonyl (C=O) groups excluding carboxylic acids is 2. The quantitative estimate of drug-likeness (QED) is 0.217. The van der Waals surface area contributed by atoms with Gasteiger partial charge in [0.25, 0.3) is 5.91 Å². The fraction of sp³-hybridized carbons (Fsp3) is 0.355. The number of nitro benzene ring substituents is 1. The zero-order valence-corrected chi connectivity index (χ0v) is 23.7. The summed E-state index contributed by atoms with van der Waals surface area (Å²) in [5.41, 5.74) is 1.48. The second-order valence-corrected chi connectivity index (χ2v) is 10.5. The SMILES string of the molecule is COc1cc(OCC(=O)N(Cc2cccc(Cl)c2)[C@@H](Cc2ccccc2)C(=O)NC2CCCCC2)ccc1[N+](=O)[O-]. The molecule has 9 nitrogen and oxygen atoms in total. The Balaban J connectivity index is 1.61. The lowest BCUT2D eigenvalue weighted by molar-refractivity contribution is -0.385. The van der Waals surface area contributed by atoms with E-state index in [1.54, 1.807) is 18.2 Å². The second-order valence-electron chi connectivity index (χ2n) is 10.1. The summed E-state index contributed by atoms with van der Waals surface area (Å²) in [6.45, 7) is -0.245. The van der Waals surface area contributed by atoms with Crippen LogP contribution in [0.1, 0.15) is 43.2 Å². The molecule has 0 radical (unpaired) electrons. The van der Waals surface area contributed by atoms with Gasteiger partial charge in [-0.3, -0.25) is 19.7 Å². The van der Waals surface area contributed by atoms with Crippen LogP contribution in [0.2, 0.25) is 5.02 Å². The number of rotatable bonds is 12. The molecule has 1 aliphatic rings. The normalized spacial score (nSPS) is 14.1. The van der Waals surface area contributed by atoms with Crippen LogP contribution in [0.25, 0.3) is 0 Å². The van der Waals surface area contributed by atoms with E-state index in [9.17, 15) is 19.7 Å². The largest absolute Gasteiger partial charge is 0.490 e. The highest BCUT2D eigenvalue weighted by atomic mass is 35.5. The summed E-state index contributed by atoms with van der Waals surface area (Å²) in [6.07, 6.45) is 5.42.